The van der Waals surface area contributed by atoms with Gasteiger partial charge in [0.05, 0.1) is 5.69 Å². The van der Waals surface area contributed by atoms with Crippen LogP contribution in [0.3, 0.4) is 0 Å². The first-order valence-electron chi connectivity index (χ1n) is 18.1. The lowest BCUT2D eigenvalue weighted by atomic mass is 9.77. The van der Waals surface area contributed by atoms with Crippen molar-refractivity contribution >= 4 is 60.0 Å². The zero-order valence-corrected chi connectivity index (χ0v) is 30.3. The summed E-state index contributed by atoms with van der Waals surface area (Å²) in [5.41, 5.74) is 15.3. The first-order chi connectivity index (χ1) is 25.4. The molecule has 0 unspecified atom stereocenters. The summed E-state index contributed by atoms with van der Waals surface area (Å²) in [6.07, 6.45) is 0. The fraction of sp³-hybridized carbons (Fsp3) is 0.0800. The summed E-state index contributed by atoms with van der Waals surface area (Å²) in [4.78, 5) is 2.43. The Balaban J connectivity index is 1.08. The largest absolute Gasteiger partial charge is 0.310 e. The van der Waals surface area contributed by atoms with Crippen molar-refractivity contribution in [2.75, 3.05) is 4.90 Å². The van der Waals surface area contributed by atoms with Gasteiger partial charge in [-0.3, -0.25) is 0 Å². The van der Waals surface area contributed by atoms with E-state index in [0.29, 0.717) is 0 Å². The summed E-state index contributed by atoms with van der Waals surface area (Å²) in [6.45, 7) is 6.80. The second-order valence-corrected chi connectivity index (χ2v) is 16.0. The minimum Gasteiger partial charge on any atom is -0.310 e. The number of nitrogens with zero attached hydrogens (tertiary/aromatic N) is 1. The van der Waals surface area contributed by atoms with Gasteiger partial charge in [-0.15, -0.1) is 11.3 Å². The molecule has 0 aliphatic heterocycles. The molecule has 0 radical (unpaired) electrons. The van der Waals surface area contributed by atoms with E-state index >= 15 is 0 Å². The Bertz CT molecular complexity index is 2800. The molecule has 0 saturated heterocycles. The minimum absolute atomic E-state index is 0.145. The molecule has 1 aliphatic rings. The molecule has 52 heavy (non-hydrogen) atoms. The first-order valence-corrected chi connectivity index (χ1v) is 18.9. The van der Waals surface area contributed by atoms with Gasteiger partial charge >= 0.3 is 0 Å². The summed E-state index contributed by atoms with van der Waals surface area (Å²) in [7, 11) is 0. The smallest absolute Gasteiger partial charge is 0.0554 e. The van der Waals surface area contributed by atoms with Crippen LogP contribution in [0.2, 0.25) is 0 Å². The van der Waals surface area contributed by atoms with E-state index in [1.807, 2.05) is 0 Å². The number of hydrogen-bond donors (Lipinski definition) is 0. The number of rotatable bonds is 5. The number of anilines is 3. The van der Waals surface area contributed by atoms with Crippen LogP contribution in [0.4, 0.5) is 17.1 Å². The van der Waals surface area contributed by atoms with Crippen LogP contribution >= 0.6 is 11.3 Å². The summed E-state index contributed by atoms with van der Waals surface area (Å²) in [6, 6.07) is 61.0. The molecule has 9 aromatic rings. The molecule has 0 fully saturated rings. The Kier molecular flexibility index (Phi) is 7.00. The molecule has 0 N–H and O–H groups in total. The van der Waals surface area contributed by atoms with Gasteiger partial charge in [0, 0.05) is 21.6 Å². The van der Waals surface area contributed by atoms with Crippen molar-refractivity contribution in [3.63, 3.8) is 0 Å². The van der Waals surface area contributed by atoms with Crippen LogP contribution in [0.5, 0.6) is 0 Å². The molecule has 2 heteroatoms. The Hall–Kier alpha value is -5.96. The monoisotopic (exact) mass is 683 g/mol. The van der Waals surface area contributed by atoms with Crippen LogP contribution in [0.25, 0.3) is 76.1 Å². The molecule has 248 valence electrons. The van der Waals surface area contributed by atoms with E-state index in [1.54, 1.807) is 11.3 Å². The van der Waals surface area contributed by atoms with Crippen molar-refractivity contribution in [3.8, 4) is 44.5 Å². The van der Waals surface area contributed by atoms with Crippen LogP contribution in [-0.4, -0.2) is 0 Å². The third-order valence-corrected chi connectivity index (χ3v) is 11.7. The van der Waals surface area contributed by atoms with E-state index in [1.165, 1.54) is 87.4 Å². The highest BCUT2D eigenvalue weighted by atomic mass is 32.1. The fourth-order valence-electron chi connectivity index (χ4n) is 7.93. The molecule has 1 aliphatic carbocycles. The lowest BCUT2D eigenvalue weighted by Crippen LogP contribution is -2.11. The van der Waals surface area contributed by atoms with Crippen molar-refractivity contribution < 1.29 is 0 Å². The molecule has 1 heterocycles. The van der Waals surface area contributed by atoms with E-state index in [9.17, 15) is 0 Å². The molecule has 0 bridgehead atoms. The first kappa shape index (κ1) is 30.8. The van der Waals surface area contributed by atoms with Crippen molar-refractivity contribution in [1.82, 2.24) is 0 Å². The van der Waals surface area contributed by atoms with Crippen LogP contribution in [-0.2, 0) is 5.41 Å². The van der Waals surface area contributed by atoms with E-state index in [0.717, 1.165) is 11.4 Å². The molecule has 10 rings (SSSR count). The number of thiophene rings is 1. The second kappa shape index (κ2) is 11.8. The summed E-state index contributed by atoms with van der Waals surface area (Å²) >= 11 is 1.80. The van der Waals surface area contributed by atoms with Gasteiger partial charge in [-0.05, 0) is 155 Å². The molecule has 8 aromatic carbocycles. The Morgan fingerprint density at radius 2 is 0.981 bits per heavy atom. The highest BCUT2D eigenvalue weighted by Crippen LogP contribution is 2.51. The van der Waals surface area contributed by atoms with Crippen LogP contribution in [0, 0.1) is 0 Å². The van der Waals surface area contributed by atoms with Gasteiger partial charge in [0.15, 0.2) is 0 Å². The third kappa shape index (κ3) is 5.14. The van der Waals surface area contributed by atoms with Gasteiger partial charge in [-0.1, -0.05) is 112 Å². The fourth-order valence-corrected chi connectivity index (χ4v) is 8.73. The van der Waals surface area contributed by atoms with Gasteiger partial charge in [0.2, 0.25) is 0 Å². The van der Waals surface area contributed by atoms with Gasteiger partial charge in [0.25, 0.3) is 0 Å². The molecular formula is C50H37NS. The zero-order chi connectivity index (χ0) is 35.0. The van der Waals surface area contributed by atoms with Gasteiger partial charge in [-0.2, -0.15) is 0 Å². The number of fused-ring (bicyclic) bond motifs is 7. The molecule has 1 nitrogen and oxygen atoms in total. The number of para-hydroxylation sites is 1. The van der Waals surface area contributed by atoms with Crippen molar-refractivity contribution in [2.24, 2.45) is 0 Å². The lowest BCUT2D eigenvalue weighted by molar-refractivity contribution is 0.590. The average Bonchev–Trinajstić information content (AvgIpc) is 3.64. The maximum absolute atomic E-state index is 2.43. The maximum atomic E-state index is 2.43. The summed E-state index contributed by atoms with van der Waals surface area (Å²) in [5, 5.41) is 8.53. The Morgan fingerprint density at radius 1 is 0.404 bits per heavy atom. The highest BCUT2D eigenvalue weighted by Gasteiger charge is 2.25. The minimum atomic E-state index is 0.145. The number of hydrogen-bond acceptors (Lipinski definition) is 2. The summed E-state index contributed by atoms with van der Waals surface area (Å²) < 4.78 is 1.28. The molecule has 0 amide bonds. The topological polar surface area (TPSA) is 3.24 Å². The highest BCUT2D eigenvalue weighted by molar-refractivity contribution is 7.17. The van der Waals surface area contributed by atoms with Crippen LogP contribution < -0.4 is 4.90 Å². The standard InChI is InChI=1S/C50H37NS/c1-50(2,3)40-19-16-32(17-20-40)34-14-15-35-26-44-45-27-36-18-21-42(25-39(36)30-47(45)46(44)29-38(35)24-34)51(41-12-8-5-9-13-41)48-31-49-37(22-23-52-49)28-43(48)33-10-6-4-7-11-33/h4-31H,1-3H3. The van der Waals surface area contributed by atoms with Crippen molar-refractivity contribution in [2.45, 2.75) is 26.2 Å². The molecule has 0 atom stereocenters. The maximum Gasteiger partial charge on any atom is 0.0554 e. The molecule has 0 spiro atoms. The molecule has 1 aromatic heterocycles. The SMILES string of the molecule is CC(C)(C)c1ccc(-c2ccc3cc4c(cc3c2)-c2cc3cc(N(c5ccccc5)c5cc6sccc6cc5-c5ccccc5)ccc3cc2-4)cc1. The van der Waals surface area contributed by atoms with Crippen LogP contribution in [0.1, 0.15) is 26.3 Å². The van der Waals surface area contributed by atoms with Crippen LogP contribution in [0.15, 0.2) is 169 Å². The van der Waals surface area contributed by atoms with Crippen molar-refractivity contribution in [1.29, 1.82) is 0 Å². The van der Waals surface area contributed by atoms with Gasteiger partial charge < -0.3 is 4.90 Å². The normalized spacial score (nSPS) is 12.1. The van der Waals surface area contributed by atoms with Gasteiger partial charge in [-0.25, -0.2) is 0 Å². The van der Waals surface area contributed by atoms with Crippen molar-refractivity contribution in [3.05, 3.63) is 175 Å². The van der Waals surface area contributed by atoms with E-state index in [-0.39, 0.29) is 5.41 Å². The molecular weight excluding hydrogens is 647 g/mol. The van der Waals surface area contributed by atoms with E-state index in [2.05, 4.69) is 195 Å². The third-order valence-electron chi connectivity index (χ3n) is 10.8. The quantitative estimate of drug-likeness (QED) is 0.175. The second-order valence-electron chi connectivity index (χ2n) is 15.1. The predicted octanol–water partition coefficient (Wildman–Crippen LogP) is 15.0. The van der Waals surface area contributed by atoms with E-state index in [4.69, 9.17) is 0 Å². The van der Waals surface area contributed by atoms with E-state index < -0.39 is 0 Å². The predicted molar refractivity (Wildman–Crippen MR) is 226 cm³/mol. The lowest BCUT2D eigenvalue weighted by Gasteiger charge is -2.29. The average molecular weight is 684 g/mol. The Morgan fingerprint density at radius 3 is 1.65 bits per heavy atom. The van der Waals surface area contributed by atoms with Gasteiger partial charge in [0.1, 0.15) is 0 Å². The number of benzene rings is 8. The Labute approximate surface area is 309 Å². The summed E-state index contributed by atoms with van der Waals surface area (Å²) in [5.74, 6) is 0. The molecule has 0 saturated carbocycles. The zero-order valence-electron chi connectivity index (χ0n) is 29.5.